The van der Waals surface area contributed by atoms with E-state index in [1.54, 1.807) is 12.0 Å². The number of nitrogens with zero attached hydrogens (tertiary/aromatic N) is 2. The van der Waals surface area contributed by atoms with E-state index in [0.717, 1.165) is 11.4 Å². The van der Waals surface area contributed by atoms with Gasteiger partial charge in [0, 0.05) is 31.9 Å². The van der Waals surface area contributed by atoms with Gasteiger partial charge >= 0.3 is 0 Å². The SMILES string of the molecule is COc1ccccc1N1CCN(C(=O)C2(C(=O)Nc3ccc(F)cc3)CC2)CC1. The van der Waals surface area contributed by atoms with Crippen molar-refractivity contribution in [2.45, 2.75) is 12.8 Å². The molecule has 1 N–H and O–H groups in total. The number of rotatable bonds is 5. The highest BCUT2D eigenvalue weighted by molar-refractivity contribution is 6.13. The van der Waals surface area contributed by atoms with Crippen molar-refractivity contribution in [3.05, 3.63) is 54.3 Å². The van der Waals surface area contributed by atoms with Crippen LogP contribution in [0.2, 0.25) is 0 Å². The molecule has 1 saturated heterocycles. The van der Waals surface area contributed by atoms with Gasteiger partial charge in [-0.1, -0.05) is 12.1 Å². The lowest BCUT2D eigenvalue weighted by atomic mass is 10.0. The smallest absolute Gasteiger partial charge is 0.240 e. The minimum Gasteiger partial charge on any atom is -0.495 e. The van der Waals surface area contributed by atoms with E-state index in [0.29, 0.717) is 44.7 Å². The molecule has 2 aromatic rings. The highest BCUT2D eigenvalue weighted by atomic mass is 19.1. The van der Waals surface area contributed by atoms with Crippen molar-refractivity contribution in [1.29, 1.82) is 0 Å². The van der Waals surface area contributed by atoms with Gasteiger partial charge in [-0.15, -0.1) is 0 Å². The van der Waals surface area contributed by atoms with Crippen LogP contribution in [0.4, 0.5) is 15.8 Å². The van der Waals surface area contributed by atoms with Gasteiger partial charge in [0.15, 0.2) is 0 Å². The molecule has 6 nitrogen and oxygen atoms in total. The molecule has 1 aliphatic heterocycles. The molecule has 1 saturated carbocycles. The second-order valence-corrected chi connectivity index (χ2v) is 7.49. The molecule has 0 unspecified atom stereocenters. The summed E-state index contributed by atoms with van der Waals surface area (Å²) in [5, 5.41) is 2.76. The van der Waals surface area contributed by atoms with Crippen LogP contribution in [0.15, 0.2) is 48.5 Å². The molecule has 29 heavy (non-hydrogen) atoms. The van der Waals surface area contributed by atoms with E-state index >= 15 is 0 Å². The standard InChI is InChI=1S/C22H24FN3O3/c1-29-19-5-3-2-4-18(19)25-12-14-26(15-13-25)21(28)22(10-11-22)20(27)24-17-8-6-16(23)7-9-17/h2-9H,10-15H2,1H3,(H,24,27). The van der Waals surface area contributed by atoms with Crippen molar-refractivity contribution in [3.63, 3.8) is 0 Å². The van der Waals surface area contributed by atoms with Crippen molar-refractivity contribution in [2.75, 3.05) is 43.5 Å². The minimum absolute atomic E-state index is 0.114. The normalized spacial score (nSPS) is 17.6. The molecular weight excluding hydrogens is 373 g/mol. The fourth-order valence-electron chi connectivity index (χ4n) is 3.79. The number of benzene rings is 2. The topological polar surface area (TPSA) is 61.9 Å². The number of methoxy groups -OCH3 is 1. The predicted molar refractivity (Wildman–Crippen MR) is 108 cm³/mol. The van der Waals surface area contributed by atoms with Crippen molar-refractivity contribution < 1.29 is 18.7 Å². The largest absolute Gasteiger partial charge is 0.495 e. The van der Waals surface area contributed by atoms with Gasteiger partial charge in [0.05, 0.1) is 12.8 Å². The second-order valence-electron chi connectivity index (χ2n) is 7.49. The first-order valence-electron chi connectivity index (χ1n) is 9.78. The number of hydrogen-bond acceptors (Lipinski definition) is 4. The maximum atomic E-state index is 13.1. The van der Waals surface area contributed by atoms with Gasteiger partial charge < -0.3 is 19.9 Å². The van der Waals surface area contributed by atoms with Crippen LogP contribution in [0.1, 0.15) is 12.8 Å². The first kappa shape index (κ1) is 19.2. The fraction of sp³-hybridized carbons (Fsp3) is 0.364. The molecule has 1 heterocycles. The molecule has 152 valence electrons. The summed E-state index contributed by atoms with van der Waals surface area (Å²) in [4.78, 5) is 29.8. The summed E-state index contributed by atoms with van der Waals surface area (Å²) in [6, 6.07) is 13.4. The Bertz CT molecular complexity index is 904. The molecule has 0 aromatic heterocycles. The molecule has 0 bridgehead atoms. The zero-order valence-electron chi connectivity index (χ0n) is 16.4. The van der Waals surface area contributed by atoms with Gasteiger partial charge in [-0.05, 0) is 49.2 Å². The summed E-state index contributed by atoms with van der Waals surface area (Å²) >= 11 is 0. The number of anilines is 2. The number of halogens is 1. The quantitative estimate of drug-likeness (QED) is 0.788. The number of nitrogens with one attached hydrogen (secondary N) is 1. The molecule has 0 atom stereocenters. The van der Waals surface area contributed by atoms with Crippen LogP contribution in [0.25, 0.3) is 0 Å². The van der Waals surface area contributed by atoms with Gasteiger partial charge in [0.1, 0.15) is 17.0 Å². The maximum absolute atomic E-state index is 13.1. The Morgan fingerprint density at radius 2 is 1.66 bits per heavy atom. The summed E-state index contributed by atoms with van der Waals surface area (Å²) in [5.74, 6) is 0.0239. The summed E-state index contributed by atoms with van der Waals surface area (Å²) < 4.78 is 18.5. The van der Waals surface area contributed by atoms with Crippen LogP contribution < -0.4 is 15.0 Å². The highest BCUT2D eigenvalue weighted by Crippen LogP contribution is 2.48. The first-order chi connectivity index (χ1) is 14.0. The Balaban J connectivity index is 1.39. The Kier molecular flexibility index (Phi) is 5.13. The number of carbonyl (C=O) groups is 2. The van der Waals surface area contributed by atoms with E-state index in [4.69, 9.17) is 4.74 Å². The van der Waals surface area contributed by atoms with Crippen LogP contribution in [0, 0.1) is 11.2 Å². The van der Waals surface area contributed by atoms with Crippen molar-refractivity contribution in [2.24, 2.45) is 5.41 Å². The first-order valence-corrected chi connectivity index (χ1v) is 9.78. The van der Waals surface area contributed by atoms with Gasteiger partial charge in [-0.3, -0.25) is 9.59 Å². The number of amides is 2. The van der Waals surface area contributed by atoms with E-state index in [-0.39, 0.29) is 17.6 Å². The van der Waals surface area contributed by atoms with Crippen LogP contribution in [-0.2, 0) is 9.59 Å². The summed E-state index contributed by atoms with van der Waals surface area (Å²) in [6.45, 7) is 2.48. The van der Waals surface area contributed by atoms with Crippen LogP contribution in [-0.4, -0.2) is 50.0 Å². The van der Waals surface area contributed by atoms with E-state index in [2.05, 4.69) is 10.2 Å². The third-order valence-electron chi connectivity index (χ3n) is 5.69. The van der Waals surface area contributed by atoms with Crippen molar-refractivity contribution >= 4 is 23.2 Å². The van der Waals surface area contributed by atoms with Crippen LogP contribution >= 0.6 is 0 Å². The summed E-state index contributed by atoms with van der Waals surface area (Å²) in [7, 11) is 1.65. The molecule has 2 amide bonds. The molecule has 2 aromatic carbocycles. The predicted octanol–water partition coefficient (Wildman–Crippen LogP) is 2.90. The molecule has 0 spiro atoms. The minimum atomic E-state index is -0.985. The Hall–Kier alpha value is -3.09. The molecule has 7 heteroatoms. The van der Waals surface area contributed by atoms with Crippen LogP contribution in [0.3, 0.4) is 0 Å². The van der Waals surface area contributed by atoms with E-state index in [9.17, 15) is 14.0 Å². The third kappa shape index (κ3) is 3.77. The molecular formula is C22H24FN3O3. The monoisotopic (exact) mass is 397 g/mol. The van der Waals surface area contributed by atoms with Crippen molar-refractivity contribution in [3.8, 4) is 5.75 Å². The van der Waals surface area contributed by atoms with E-state index < -0.39 is 5.41 Å². The van der Waals surface area contributed by atoms with Gasteiger partial charge in [0.2, 0.25) is 11.8 Å². The summed E-state index contributed by atoms with van der Waals surface area (Å²) in [5.41, 5.74) is 0.523. The molecule has 4 rings (SSSR count). The molecule has 1 aliphatic carbocycles. The zero-order valence-corrected chi connectivity index (χ0v) is 16.4. The molecule has 2 fully saturated rings. The van der Waals surface area contributed by atoms with Crippen LogP contribution in [0.5, 0.6) is 5.75 Å². The molecule has 0 radical (unpaired) electrons. The highest BCUT2D eigenvalue weighted by Gasteiger charge is 2.58. The number of hydrogen-bond donors (Lipinski definition) is 1. The summed E-state index contributed by atoms with van der Waals surface area (Å²) in [6.07, 6.45) is 1.09. The third-order valence-corrected chi connectivity index (χ3v) is 5.69. The Morgan fingerprint density at radius 3 is 2.28 bits per heavy atom. The van der Waals surface area contributed by atoms with E-state index in [1.165, 1.54) is 24.3 Å². The number of piperazine rings is 1. The number of ether oxygens (including phenoxy) is 1. The Labute approximate surface area is 169 Å². The average Bonchev–Trinajstić information content (AvgIpc) is 3.57. The Morgan fingerprint density at radius 1 is 1.00 bits per heavy atom. The number of carbonyl (C=O) groups excluding carboxylic acids is 2. The van der Waals surface area contributed by atoms with Gasteiger partial charge in [-0.25, -0.2) is 4.39 Å². The lowest BCUT2D eigenvalue weighted by molar-refractivity contribution is -0.142. The maximum Gasteiger partial charge on any atom is 0.240 e. The lowest BCUT2D eigenvalue weighted by Crippen LogP contribution is -2.52. The van der Waals surface area contributed by atoms with Gasteiger partial charge in [0.25, 0.3) is 0 Å². The lowest BCUT2D eigenvalue weighted by Gasteiger charge is -2.38. The molecule has 2 aliphatic rings. The fourth-order valence-corrected chi connectivity index (χ4v) is 3.79. The second kappa shape index (κ2) is 7.73. The number of para-hydroxylation sites is 2. The van der Waals surface area contributed by atoms with Crippen molar-refractivity contribution in [1.82, 2.24) is 4.90 Å². The van der Waals surface area contributed by atoms with Gasteiger partial charge in [-0.2, -0.15) is 0 Å². The van der Waals surface area contributed by atoms with E-state index in [1.807, 2.05) is 24.3 Å². The average molecular weight is 397 g/mol. The zero-order chi connectivity index (χ0) is 20.4.